The van der Waals surface area contributed by atoms with Crippen LogP contribution in [0.25, 0.3) is 11.3 Å². The Kier molecular flexibility index (Phi) is 3.75. The molecular weight excluding hydrogens is 336 g/mol. The third kappa shape index (κ3) is 2.63. The molecule has 1 N–H and O–H groups in total. The van der Waals surface area contributed by atoms with Gasteiger partial charge in [0.15, 0.2) is 23.1 Å². The van der Waals surface area contributed by atoms with Crippen molar-refractivity contribution in [2.75, 3.05) is 18.7 Å². The zero-order chi connectivity index (χ0) is 18.4. The van der Waals surface area contributed by atoms with E-state index in [0.717, 1.165) is 5.56 Å². The Hall–Kier alpha value is -3.16. The van der Waals surface area contributed by atoms with Crippen molar-refractivity contribution in [3.63, 3.8) is 0 Å². The number of hydrogen-bond acceptors (Lipinski definition) is 7. The third-order valence-electron chi connectivity index (χ3n) is 4.51. The standard InChI is InChI=1S/C18H18N4O4/c1-9(2)22(3)17-15(10-4-5-13-14(6-10)26-8-25-13)21-16-11(20-17)7-12(19-16)18(23)24/h4-6,9H,7-8H2,1-3H3,(H,23,24). The molecule has 0 spiro atoms. The monoisotopic (exact) mass is 354 g/mol. The number of aliphatic carboxylic acids is 1. The molecule has 2 aliphatic heterocycles. The highest BCUT2D eigenvalue weighted by Crippen LogP contribution is 2.39. The van der Waals surface area contributed by atoms with Crippen molar-refractivity contribution in [2.45, 2.75) is 26.3 Å². The van der Waals surface area contributed by atoms with Gasteiger partial charge in [-0.3, -0.25) is 0 Å². The molecule has 26 heavy (non-hydrogen) atoms. The second-order valence-corrected chi connectivity index (χ2v) is 6.48. The first-order chi connectivity index (χ1) is 12.4. The fourth-order valence-electron chi connectivity index (χ4n) is 2.84. The van der Waals surface area contributed by atoms with Crippen molar-refractivity contribution < 1.29 is 19.4 Å². The molecule has 0 radical (unpaired) electrons. The van der Waals surface area contributed by atoms with Crippen LogP contribution in [-0.4, -0.2) is 46.6 Å². The molecule has 0 fully saturated rings. The summed E-state index contributed by atoms with van der Waals surface area (Å²) in [6.45, 7) is 4.30. The van der Waals surface area contributed by atoms with Crippen LogP contribution in [0.15, 0.2) is 23.2 Å². The quantitative estimate of drug-likeness (QED) is 0.900. The molecule has 0 unspecified atom stereocenters. The van der Waals surface area contributed by atoms with E-state index < -0.39 is 5.97 Å². The van der Waals surface area contributed by atoms with E-state index in [2.05, 4.69) is 23.8 Å². The van der Waals surface area contributed by atoms with E-state index >= 15 is 0 Å². The number of carbonyl (C=O) groups is 1. The van der Waals surface area contributed by atoms with E-state index in [9.17, 15) is 9.90 Å². The molecule has 0 saturated heterocycles. The maximum Gasteiger partial charge on any atom is 0.350 e. The molecule has 134 valence electrons. The molecule has 1 aromatic carbocycles. The lowest BCUT2D eigenvalue weighted by atomic mass is 10.1. The van der Waals surface area contributed by atoms with Crippen molar-refractivity contribution in [3.8, 4) is 22.8 Å². The summed E-state index contributed by atoms with van der Waals surface area (Å²) in [5.41, 5.74) is 2.08. The van der Waals surface area contributed by atoms with Gasteiger partial charge in [-0.2, -0.15) is 0 Å². The number of ether oxygens (including phenoxy) is 2. The summed E-state index contributed by atoms with van der Waals surface area (Å²) in [6, 6.07) is 5.76. The SMILES string of the molecule is CC(C)N(C)c1nc2c(nc1-c1ccc3c(c1)OCO3)N=C(C(=O)O)C2. The smallest absolute Gasteiger partial charge is 0.350 e. The molecule has 0 bridgehead atoms. The first-order valence-corrected chi connectivity index (χ1v) is 8.28. The van der Waals surface area contributed by atoms with E-state index in [1.165, 1.54) is 0 Å². The average Bonchev–Trinajstić information content (AvgIpc) is 3.25. The van der Waals surface area contributed by atoms with Crippen molar-refractivity contribution in [1.82, 2.24) is 9.97 Å². The van der Waals surface area contributed by atoms with Crippen LogP contribution in [0, 0.1) is 0 Å². The number of aromatic nitrogens is 2. The molecule has 2 aromatic rings. The van der Waals surface area contributed by atoms with Crippen LogP contribution in [0.5, 0.6) is 11.5 Å². The molecule has 3 heterocycles. The topological polar surface area (TPSA) is 97.1 Å². The number of nitrogens with zero attached hydrogens (tertiary/aromatic N) is 4. The zero-order valence-electron chi connectivity index (χ0n) is 14.7. The zero-order valence-corrected chi connectivity index (χ0v) is 14.7. The van der Waals surface area contributed by atoms with Gasteiger partial charge >= 0.3 is 5.97 Å². The van der Waals surface area contributed by atoms with Crippen LogP contribution in [0.2, 0.25) is 0 Å². The lowest BCUT2D eigenvalue weighted by molar-refractivity contribution is -0.129. The fourth-order valence-corrected chi connectivity index (χ4v) is 2.84. The first kappa shape index (κ1) is 16.3. The van der Waals surface area contributed by atoms with Crippen molar-refractivity contribution in [1.29, 1.82) is 0 Å². The molecule has 0 aliphatic carbocycles. The summed E-state index contributed by atoms with van der Waals surface area (Å²) in [6.07, 6.45) is 0.179. The predicted octanol–water partition coefficient (Wildman–Crippen LogP) is 2.43. The number of benzene rings is 1. The molecular formula is C18H18N4O4. The van der Waals surface area contributed by atoms with Crippen LogP contribution in [0.3, 0.4) is 0 Å². The summed E-state index contributed by atoms with van der Waals surface area (Å²) < 4.78 is 10.8. The van der Waals surface area contributed by atoms with Gasteiger partial charge in [-0.05, 0) is 32.0 Å². The number of hydrogen-bond donors (Lipinski definition) is 1. The highest BCUT2D eigenvalue weighted by Gasteiger charge is 2.27. The molecule has 2 aliphatic rings. The van der Waals surface area contributed by atoms with E-state index in [0.29, 0.717) is 34.5 Å². The van der Waals surface area contributed by atoms with Crippen LogP contribution >= 0.6 is 0 Å². The highest BCUT2D eigenvalue weighted by atomic mass is 16.7. The summed E-state index contributed by atoms with van der Waals surface area (Å²) in [5.74, 6) is 1.33. The molecule has 0 atom stereocenters. The lowest BCUT2D eigenvalue weighted by Gasteiger charge is -2.25. The average molecular weight is 354 g/mol. The van der Waals surface area contributed by atoms with Gasteiger partial charge < -0.3 is 19.5 Å². The number of carboxylic acids is 1. The van der Waals surface area contributed by atoms with Crippen LogP contribution in [0.4, 0.5) is 11.6 Å². The summed E-state index contributed by atoms with van der Waals surface area (Å²) in [7, 11) is 1.94. The number of fused-ring (bicyclic) bond motifs is 2. The first-order valence-electron chi connectivity index (χ1n) is 8.28. The molecule has 8 heteroatoms. The van der Waals surface area contributed by atoms with Gasteiger partial charge in [0.1, 0.15) is 11.4 Å². The molecule has 4 rings (SSSR count). The summed E-state index contributed by atoms with van der Waals surface area (Å²) >= 11 is 0. The Labute approximate surface area is 150 Å². The Morgan fingerprint density at radius 1 is 1.23 bits per heavy atom. The van der Waals surface area contributed by atoms with Gasteiger partial charge in [-0.15, -0.1) is 0 Å². The largest absolute Gasteiger partial charge is 0.477 e. The lowest BCUT2D eigenvalue weighted by Crippen LogP contribution is -2.27. The van der Waals surface area contributed by atoms with Gasteiger partial charge in [-0.1, -0.05) is 0 Å². The predicted molar refractivity (Wildman–Crippen MR) is 95.6 cm³/mol. The molecule has 0 saturated carbocycles. The fraction of sp³-hybridized carbons (Fsp3) is 0.333. The molecule has 8 nitrogen and oxygen atoms in total. The second kappa shape index (κ2) is 5.98. The number of aliphatic imine (C=N–C) groups is 1. The van der Waals surface area contributed by atoms with Gasteiger partial charge in [0.2, 0.25) is 6.79 Å². The van der Waals surface area contributed by atoms with Crippen molar-refractivity contribution >= 4 is 23.3 Å². The Morgan fingerprint density at radius 2 is 2.00 bits per heavy atom. The van der Waals surface area contributed by atoms with Crippen molar-refractivity contribution in [2.24, 2.45) is 4.99 Å². The highest BCUT2D eigenvalue weighted by molar-refractivity contribution is 6.37. The Balaban J connectivity index is 1.86. The van der Waals surface area contributed by atoms with E-state index in [-0.39, 0.29) is 25.0 Å². The number of carboxylic acid groups (broad SMARTS) is 1. The second-order valence-electron chi connectivity index (χ2n) is 6.48. The van der Waals surface area contributed by atoms with Crippen LogP contribution in [0.1, 0.15) is 19.5 Å². The van der Waals surface area contributed by atoms with Gasteiger partial charge in [0.25, 0.3) is 0 Å². The normalized spacial score (nSPS) is 14.4. The van der Waals surface area contributed by atoms with Crippen molar-refractivity contribution in [3.05, 3.63) is 23.9 Å². The third-order valence-corrected chi connectivity index (χ3v) is 4.51. The minimum absolute atomic E-state index is 0.0565. The minimum Gasteiger partial charge on any atom is -0.477 e. The number of rotatable bonds is 4. The Bertz CT molecular complexity index is 939. The minimum atomic E-state index is -1.05. The van der Waals surface area contributed by atoms with Gasteiger partial charge in [0.05, 0.1) is 5.69 Å². The maximum atomic E-state index is 11.3. The van der Waals surface area contributed by atoms with Gasteiger partial charge in [0, 0.05) is 25.1 Å². The van der Waals surface area contributed by atoms with E-state index in [4.69, 9.17) is 14.5 Å². The van der Waals surface area contributed by atoms with E-state index in [1.54, 1.807) is 0 Å². The van der Waals surface area contributed by atoms with Gasteiger partial charge in [-0.25, -0.2) is 19.8 Å². The number of anilines is 1. The maximum absolute atomic E-state index is 11.3. The molecule has 1 aromatic heterocycles. The summed E-state index contributed by atoms with van der Waals surface area (Å²) in [4.78, 5) is 26.7. The van der Waals surface area contributed by atoms with Crippen LogP contribution in [-0.2, 0) is 11.2 Å². The van der Waals surface area contributed by atoms with Crippen LogP contribution < -0.4 is 14.4 Å². The van der Waals surface area contributed by atoms with E-state index in [1.807, 2.05) is 30.1 Å². The summed E-state index contributed by atoms with van der Waals surface area (Å²) in [5, 5.41) is 9.22. The molecule has 0 amide bonds. The Morgan fingerprint density at radius 3 is 2.73 bits per heavy atom.